The van der Waals surface area contributed by atoms with Crippen molar-refractivity contribution in [1.29, 1.82) is 0 Å². The molecule has 5 nitrogen and oxygen atoms in total. The summed E-state index contributed by atoms with van der Waals surface area (Å²) >= 11 is 11.9. The van der Waals surface area contributed by atoms with Gasteiger partial charge in [-0.1, -0.05) is 41.4 Å². The van der Waals surface area contributed by atoms with Gasteiger partial charge in [0.05, 0.1) is 26.2 Å². The Morgan fingerprint density at radius 1 is 0.966 bits per heavy atom. The van der Waals surface area contributed by atoms with Crippen LogP contribution in [-0.2, 0) is 10.0 Å². The number of carbonyl (C=O) groups is 1. The van der Waals surface area contributed by atoms with Crippen molar-refractivity contribution in [3.63, 3.8) is 0 Å². The number of para-hydroxylation sites is 1. The van der Waals surface area contributed by atoms with Gasteiger partial charge >= 0.3 is 0 Å². The zero-order valence-electron chi connectivity index (χ0n) is 15.0. The van der Waals surface area contributed by atoms with E-state index >= 15 is 0 Å². The first kappa shape index (κ1) is 21.1. The second-order valence-electron chi connectivity index (χ2n) is 6.14. The number of aryl methyl sites for hydroxylation is 1. The van der Waals surface area contributed by atoms with Gasteiger partial charge in [0.2, 0.25) is 0 Å². The molecule has 0 atom stereocenters. The van der Waals surface area contributed by atoms with Crippen LogP contribution < -0.4 is 10.0 Å². The van der Waals surface area contributed by atoms with Gasteiger partial charge in [0.15, 0.2) is 0 Å². The third-order valence-corrected chi connectivity index (χ3v) is 6.18. The molecule has 29 heavy (non-hydrogen) atoms. The number of sulfonamides is 1. The first-order valence-electron chi connectivity index (χ1n) is 8.32. The zero-order chi connectivity index (χ0) is 21.2. The minimum Gasteiger partial charge on any atom is -0.322 e. The molecular weight excluding hydrogens is 438 g/mol. The standard InChI is InChI=1S/C20H15Cl2FN2O3S/c1-12-6-8-14(24-20(26)15-9-7-13(23)10-17(15)22)11-19(12)29(27,28)25-18-5-3-2-4-16(18)21/h2-11,25H,1H3,(H,24,26). The maximum absolute atomic E-state index is 13.2. The lowest BCUT2D eigenvalue weighted by atomic mass is 10.2. The number of nitrogens with one attached hydrogen (secondary N) is 2. The SMILES string of the molecule is Cc1ccc(NC(=O)c2ccc(F)cc2Cl)cc1S(=O)(=O)Nc1ccccc1Cl. The Labute approximate surface area is 177 Å². The van der Waals surface area contributed by atoms with Crippen molar-refractivity contribution in [2.45, 2.75) is 11.8 Å². The molecule has 150 valence electrons. The van der Waals surface area contributed by atoms with Crippen LogP contribution in [0.2, 0.25) is 10.0 Å². The lowest BCUT2D eigenvalue weighted by Gasteiger charge is -2.13. The van der Waals surface area contributed by atoms with Gasteiger partial charge in [-0.25, -0.2) is 12.8 Å². The van der Waals surface area contributed by atoms with Gasteiger partial charge in [-0.2, -0.15) is 0 Å². The van der Waals surface area contributed by atoms with E-state index in [1.165, 1.54) is 18.2 Å². The van der Waals surface area contributed by atoms with Gasteiger partial charge in [0.25, 0.3) is 15.9 Å². The van der Waals surface area contributed by atoms with E-state index in [0.29, 0.717) is 5.56 Å². The number of rotatable bonds is 5. The molecule has 0 aromatic heterocycles. The molecule has 0 fully saturated rings. The monoisotopic (exact) mass is 452 g/mol. The van der Waals surface area contributed by atoms with Crippen molar-refractivity contribution in [3.05, 3.63) is 87.7 Å². The molecule has 0 heterocycles. The molecule has 0 unspecified atom stereocenters. The number of benzene rings is 3. The van der Waals surface area contributed by atoms with Crippen LogP contribution in [0.3, 0.4) is 0 Å². The van der Waals surface area contributed by atoms with Crippen LogP contribution in [0.4, 0.5) is 15.8 Å². The van der Waals surface area contributed by atoms with Gasteiger partial charge in [-0.3, -0.25) is 9.52 Å². The number of halogens is 3. The maximum atomic E-state index is 13.2. The van der Waals surface area contributed by atoms with Gasteiger partial charge < -0.3 is 5.32 Å². The molecule has 3 rings (SSSR count). The molecule has 2 N–H and O–H groups in total. The van der Waals surface area contributed by atoms with Crippen LogP contribution in [0.15, 0.2) is 65.6 Å². The van der Waals surface area contributed by atoms with E-state index in [2.05, 4.69) is 10.0 Å². The second kappa shape index (κ2) is 8.41. The van der Waals surface area contributed by atoms with Crippen molar-refractivity contribution >= 4 is 50.5 Å². The Morgan fingerprint density at radius 3 is 2.38 bits per heavy atom. The van der Waals surface area contributed by atoms with Crippen LogP contribution in [-0.4, -0.2) is 14.3 Å². The van der Waals surface area contributed by atoms with Crippen molar-refractivity contribution in [3.8, 4) is 0 Å². The molecule has 3 aromatic rings. The lowest BCUT2D eigenvalue weighted by Crippen LogP contribution is -2.16. The van der Waals surface area contributed by atoms with E-state index in [4.69, 9.17) is 23.2 Å². The van der Waals surface area contributed by atoms with Crippen LogP contribution in [0.25, 0.3) is 0 Å². The van der Waals surface area contributed by atoms with E-state index < -0.39 is 21.7 Å². The highest BCUT2D eigenvalue weighted by Crippen LogP contribution is 2.27. The lowest BCUT2D eigenvalue weighted by molar-refractivity contribution is 0.102. The highest BCUT2D eigenvalue weighted by molar-refractivity contribution is 7.92. The molecule has 0 aliphatic carbocycles. The predicted octanol–water partition coefficient (Wildman–Crippen LogP) is 5.49. The first-order valence-corrected chi connectivity index (χ1v) is 10.6. The number of hydrogen-bond acceptors (Lipinski definition) is 3. The number of amides is 1. The smallest absolute Gasteiger partial charge is 0.262 e. The average Bonchev–Trinajstić information content (AvgIpc) is 2.65. The fourth-order valence-corrected chi connectivity index (χ4v) is 4.43. The van der Waals surface area contributed by atoms with Gasteiger partial charge in [-0.05, 0) is 55.0 Å². The molecule has 1 amide bonds. The maximum Gasteiger partial charge on any atom is 0.262 e. The second-order valence-corrected chi connectivity index (χ2v) is 8.61. The predicted molar refractivity (Wildman–Crippen MR) is 113 cm³/mol. The number of carbonyl (C=O) groups excluding carboxylic acids is 1. The molecule has 0 saturated carbocycles. The molecular formula is C20H15Cl2FN2O3S. The summed E-state index contributed by atoms with van der Waals surface area (Å²) in [6.45, 7) is 1.63. The van der Waals surface area contributed by atoms with Crippen LogP contribution in [0.5, 0.6) is 0 Å². The summed E-state index contributed by atoms with van der Waals surface area (Å²) in [5.74, 6) is -1.16. The van der Waals surface area contributed by atoms with E-state index in [1.54, 1.807) is 37.3 Å². The molecule has 0 aliphatic rings. The summed E-state index contributed by atoms with van der Waals surface area (Å²) < 4.78 is 41.3. The Bertz CT molecular complexity index is 1200. The minimum absolute atomic E-state index is 0.0274. The summed E-state index contributed by atoms with van der Waals surface area (Å²) in [6.07, 6.45) is 0. The third-order valence-electron chi connectivity index (χ3n) is 4.03. The van der Waals surface area contributed by atoms with Gasteiger partial charge in [0, 0.05) is 5.69 Å². The zero-order valence-corrected chi connectivity index (χ0v) is 17.4. The highest BCUT2D eigenvalue weighted by Gasteiger charge is 2.20. The van der Waals surface area contributed by atoms with Crippen molar-refractivity contribution in [2.75, 3.05) is 10.0 Å². The van der Waals surface area contributed by atoms with Crippen LogP contribution in [0.1, 0.15) is 15.9 Å². The van der Waals surface area contributed by atoms with Crippen molar-refractivity contribution in [2.24, 2.45) is 0 Å². The normalized spacial score (nSPS) is 11.2. The minimum atomic E-state index is -3.96. The molecule has 0 bridgehead atoms. The Balaban J connectivity index is 1.89. The molecule has 0 aliphatic heterocycles. The summed E-state index contributed by atoms with van der Waals surface area (Å²) in [6, 6.07) is 14.3. The summed E-state index contributed by atoms with van der Waals surface area (Å²) in [5.41, 5.74) is 1.01. The molecule has 0 saturated heterocycles. The summed E-state index contributed by atoms with van der Waals surface area (Å²) in [5, 5.41) is 2.77. The fourth-order valence-electron chi connectivity index (χ4n) is 2.58. The molecule has 0 radical (unpaired) electrons. The quantitative estimate of drug-likeness (QED) is 0.536. The van der Waals surface area contributed by atoms with E-state index in [-0.39, 0.29) is 31.9 Å². The Morgan fingerprint density at radius 2 is 1.69 bits per heavy atom. The van der Waals surface area contributed by atoms with Crippen molar-refractivity contribution < 1.29 is 17.6 Å². The van der Waals surface area contributed by atoms with Crippen LogP contribution >= 0.6 is 23.2 Å². The topological polar surface area (TPSA) is 75.3 Å². The fraction of sp³-hybridized carbons (Fsp3) is 0.0500. The van der Waals surface area contributed by atoms with Gasteiger partial charge in [-0.15, -0.1) is 0 Å². The summed E-state index contributed by atoms with van der Waals surface area (Å²) in [4.78, 5) is 12.4. The van der Waals surface area contributed by atoms with E-state index in [0.717, 1.165) is 12.1 Å². The molecule has 9 heteroatoms. The average molecular weight is 453 g/mol. The molecule has 3 aromatic carbocycles. The van der Waals surface area contributed by atoms with Crippen molar-refractivity contribution in [1.82, 2.24) is 0 Å². The largest absolute Gasteiger partial charge is 0.322 e. The number of anilines is 2. The number of hydrogen-bond donors (Lipinski definition) is 2. The highest BCUT2D eigenvalue weighted by atomic mass is 35.5. The van der Waals surface area contributed by atoms with E-state index in [9.17, 15) is 17.6 Å². The van der Waals surface area contributed by atoms with Crippen LogP contribution in [0, 0.1) is 12.7 Å². The first-order chi connectivity index (χ1) is 13.7. The summed E-state index contributed by atoms with van der Waals surface area (Å²) in [7, 11) is -3.96. The Hall–Kier alpha value is -2.61. The van der Waals surface area contributed by atoms with E-state index in [1.807, 2.05) is 0 Å². The molecule has 0 spiro atoms. The van der Waals surface area contributed by atoms with Gasteiger partial charge in [0.1, 0.15) is 5.82 Å². The Kier molecular flexibility index (Phi) is 6.12. The third kappa shape index (κ3) is 4.87.